The summed E-state index contributed by atoms with van der Waals surface area (Å²) < 4.78 is 19.5. The molecule has 2 fully saturated rings. The van der Waals surface area contributed by atoms with Gasteiger partial charge in [-0.05, 0) is 44.5 Å². The Morgan fingerprint density at radius 1 is 1.21 bits per heavy atom. The van der Waals surface area contributed by atoms with Crippen LogP contribution in [0.5, 0.6) is 0 Å². The van der Waals surface area contributed by atoms with Crippen LogP contribution in [0.4, 0.5) is 10.1 Å². The Bertz CT molecular complexity index is 1180. The molecule has 2 saturated heterocycles. The lowest BCUT2D eigenvalue weighted by Gasteiger charge is -2.46. The molecule has 5 atom stereocenters. The molecule has 1 aromatic heterocycles. The van der Waals surface area contributed by atoms with Crippen molar-refractivity contribution in [2.75, 3.05) is 50.8 Å². The number of rotatable bonds is 6. The molecule has 2 aromatic rings. The third-order valence-corrected chi connectivity index (χ3v) is 8.49. The number of aliphatic hydroxyl groups is 1. The van der Waals surface area contributed by atoms with Crippen molar-refractivity contribution in [1.29, 1.82) is 0 Å². The molecule has 2 N–H and O–H groups in total. The second-order valence-electron chi connectivity index (χ2n) is 12.3. The van der Waals surface area contributed by atoms with E-state index in [0.717, 1.165) is 44.2 Å². The van der Waals surface area contributed by atoms with Gasteiger partial charge in [-0.1, -0.05) is 26.0 Å². The van der Waals surface area contributed by atoms with E-state index in [4.69, 9.17) is 9.72 Å². The first-order valence-corrected chi connectivity index (χ1v) is 14.1. The monoisotopic (exact) mass is 539 g/mol. The number of halogens is 1. The minimum atomic E-state index is -1.03. The van der Waals surface area contributed by atoms with Gasteiger partial charge in [0, 0.05) is 67.5 Å². The summed E-state index contributed by atoms with van der Waals surface area (Å²) in [6, 6.07) is 8.98. The highest BCUT2D eigenvalue weighted by Gasteiger charge is 2.41. The molecule has 0 saturated carbocycles. The second-order valence-corrected chi connectivity index (χ2v) is 12.3. The van der Waals surface area contributed by atoms with Crippen molar-refractivity contribution < 1.29 is 19.0 Å². The number of nitrogens with one attached hydrogen (secondary N) is 1. The third kappa shape index (κ3) is 5.88. The molecular weight excluding hydrogens is 497 g/mol. The minimum absolute atomic E-state index is 0.0307. The molecule has 212 valence electrons. The van der Waals surface area contributed by atoms with E-state index >= 15 is 0 Å². The minimum Gasteiger partial charge on any atom is -0.384 e. The van der Waals surface area contributed by atoms with Crippen LogP contribution in [-0.4, -0.2) is 95.9 Å². The SMILES string of the molecule is CC1CN(CC(=O)N2CC(C)(C)c3ncc(C(O)c4cccc(F)c4)cc32)[C@@H](CN2[C@H](C)COC[C@H]2C)CN1. The number of hydrogen-bond donors (Lipinski definition) is 2. The van der Waals surface area contributed by atoms with Crippen molar-refractivity contribution in [1.82, 2.24) is 20.1 Å². The fourth-order valence-corrected chi connectivity index (χ4v) is 6.30. The van der Waals surface area contributed by atoms with E-state index in [-0.39, 0.29) is 17.4 Å². The highest BCUT2D eigenvalue weighted by molar-refractivity contribution is 5.97. The van der Waals surface area contributed by atoms with Gasteiger partial charge in [-0.2, -0.15) is 0 Å². The van der Waals surface area contributed by atoms with E-state index in [2.05, 4.69) is 49.7 Å². The number of aliphatic hydroxyl groups excluding tert-OH is 1. The topological polar surface area (TPSA) is 81.2 Å². The van der Waals surface area contributed by atoms with Crippen molar-refractivity contribution >= 4 is 11.6 Å². The molecule has 0 spiro atoms. The molecule has 5 rings (SSSR count). The second kappa shape index (κ2) is 11.2. The zero-order valence-electron chi connectivity index (χ0n) is 23.7. The first-order chi connectivity index (χ1) is 18.5. The zero-order chi connectivity index (χ0) is 27.9. The number of carbonyl (C=O) groups excluding carboxylic acids is 1. The van der Waals surface area contributed by atoms with Gasteiger partial charge in [0.05, 0.1) is 31.1 Å². The fourth-order valence-electron chi connectivity index (χ4n) is 6.30. The fraction of sp³-hybridized carbons (Fsp3) is 0.600. The molecular formula is C30H42FN5O3. The molecule has 8 nitrogen and oxygen atoms in total. The third-order valence-electron chi connectivity index (χ3n) is 8.49. The summed E-state index contributed by atoms with van der Waals surface area (Å²) in [4.78, 5) is 25.3. The zero-order valence-corrected chi connectivity index (χ0v) is 23.7. The quantitative estimate of drug-likeness (QED) is 0.584. The molecule has 1 aromatic carbocycles. The standard InChI is InChI=1S/C30H42FN5O3/c1-19-13-34(25(12-32-19)14-35-20(2)16-39-17-21(35)3)15-27(37)36-18-30(4,5)29-26(36)10-23(11-33-29)28(38)22-7-6-8-24(31)9-22/h6-11,19-21,25,28,32,38H,12-18H2,1-5H3/t19?,20-,21-,25-,28?/m1/s1. The Kier molecular flexibility index (Phi) is 8.08. The van der Waals surface area contributed by atoms with E-state index in [1.807, 2.05) is 11.0 Å². The van der Waals surface area contributed by atoms with Crippen molar-refractivity contribution in [3.05, 3.63) is 59.2 Å². The Hall–Kier alpha value is -2.43. The van der Waals surface area contributed by atoms with Crippen molar-refractivity contribution in [2.24, 2.45) is 0 Å². The highest BCUT2D eigenvalue weighted by Crippen LogP contribution is 2.41. The molecule has 1 amide bonds. The predicted molar refractivity (Wildman–Crippen MR) is 149 cm³/mol. The summed E-state index contributed by atoms with van der Waals surface area (Å²) in [5.41, 5.74) is 2.25. The number of benzene rings is 1. The van der Waals surface area contributed by atoms with Crippen molar-refractivity contribution in [3.63, 3.8) is 0 Å². The van der Waals surface area contributed by atoms with Gasteiger partial charge in [-0.25, -0.2) is 4.39 Å². The number of hydrogen-bond acceptors (Lipinski definition) is 7. The number of carbonyl (C=O) groups is 1. The number of ether oxygens (including phenoxy) is 1. The maximum absolute atomic E-state index is 13.9. The van der Waals surface area contributed by atoms with Crippen LogP contribution in [0.15, 0.2) is 36.5 Å². The number of amides is 1. The predicted octanol–water partition coefficient (Wildman–Crippen LogP) is 2.70. The molecule has 2 unspecified atom stereocenters. The summed E-state index contributed by atoms with van der Waals surface area (Å²) in [6.07, 6.45) is 0.609. The Morgan fingerprint density at radius 2 is 1.95 bits per heavy atom. The van der Waals surface area contributed by atoms with Gasteiger partial charge in [-0.3, -0.25) is 19.6 Å². The Morgan fingerprint density at radius 3 is 2.67 bits per heavy atom. The van der Waals surface area contributed by atoms with Gasteiger partial charge in [0.1, 0.15) is 11.9 Å². The lowest BCUT2D eigenvalue weighted by molar-refractivity contribution is -0.121. The van der Waals surface area contributed by atoms with Gasteiger partial charge < -0.3 is 20.1 Å². The first-order valence-electron chi connectivity index (χ1n) is 14.1. The molecule has 4 heterocycles. The number of pyridine rings is 1. The van der Waals surface area contributed by atoms with Gasteiger partial charge >= 0.3 is 0 Å². The maximum atomic E-state index is 13.9. The summed E-state index contributed by atoms with van der Waals surface area (Å²) in [7, 11) is 0. The van der Waals surface area contributed by atoms with E-state index in [1.54, 1.807) is 18.3 Å². The number of piperazine rings is 1. The average Bonchev–Trinajstić information content (AvgIpc) is 3.17. The van der Waals surface area contributed by atoms with Crippen LogP contribution in [0.1, 0.15) is 57.5 Å². The summed E-state index contributed by atoms with van der Waals surface area (Å²) in [5, 5.41) is 14.6. The van der Waals surface area contributed by atoms with Crippen LogP contribution in [-0.2, 0) is 14.9 Å². The molecule has 0 radical (unpaired) electrons. The van der Waals surface area contributed by atoms with Crippen LogP contribution >= 0.6 is 0 Å². The van der Waals surface area contributed by atoms with Gasteiger partial charge in [0.25, 0.3) is 0 Å². The number of anilines is 1. The lowest BCUT2D eigenvalue weighted by atomic mass is 9.90. The normalized spacial score (nSPS) is 28.3. The molecule has 0 aliphatic carbocycles. The molecule has 3 aliphatic heterocycles. The number of morpholine rings is 1. The van der Waals surface area contributed by atoms with E-state index < -0.39 is 11.9 Å². The summed E-state index contributed by atoms with van der Waals surface area (Å²) >= 11 is 0. The van der Waals surface area contributed by atoms with Crippen LogP contribution in [0, 0.1) is 5.82 Å². The Balaban J connectivity index is 1.36. The highest BCUT2D eigenvalue weighted by atomic mass is 19.1. The Labute approximate surface area is 231 Å². The van der Waals surface area contributed by atoms with Crippen molar-refractivity contribution in [2.45, 2.75) is 70.3 Å². The van der Waals surface area contributed by atoms with Crippen LogP contribution < -0.4 is 10.2 Å². The summed E-state index contributed by atoms with van der Waals surface area (Å²) in [6.45, 7) is 15.6. The van der Waals surface area contributed by atoms with Crippen LogP contribution in [0.3, 0.4) is 0 Å². The van der Waals surface area contributed by atoms with Gasteiger partial charge in [0.15, 0.2) is 0 Å². The molecule has 3 aliphatic rings. The molecule has 39 heavy (non-hydrogen) atoms. The van der Waals surface area contributed by atoms with E-state index in [0.29, 0.717) is 42.3 Å². The number of nitrogens with zero attached hydrogens (tertiary/aromatic N) is 4. The largest absolute Gasteiger partial charge is 0.384 e. The van der Waals surface area contributed by atoms with Gasteiger partial charge in [0.2, 0.25) is 5.91 Å². The number of aromatic nitrogens is 1. The number of fused-ring (bicyclic) bond motifs is 1. The van der Waals surface area contributed by atoms with E-state index in [9.17, 15) is 14.3 Å². The van der Waals surface area contributed by atoms with E-state index in [1.165, 1.54) is 12.1 Å². The molecule has 9 heteroatoms. The first kappa shape index (κ1) is 28.1. The van der Waals surface area contributed by atoms with Crippen LogP contribution in [0.25, 0.3) is 0 Å². The lowest BCUT2D eigenvalue weighted by Crippen LogP contribution is -2.63. The van der Waals surface area contributed by atoms with Crippen LogP contribution in [0.2, 0.25) is 0 Å². The maximum Gasteiger partial charge on any atom is 0.241 e. The smallest absolute Gasteiger partial charge is 0.241 e. The van der Waals surface area contributed by atoms with Gasteiger partial charge in [-0.15, -0.1) is 0 Å². The molecule has 0 bridgehead atoms. The average molecular weight is 540 g/mol. The van der Waals surface area contributed by atoms with Crippen molar-refractivity contribution in [3.8, 4) is 0 Å². The summed E-state index contributed by atoms with van der Waals surface area (Å²) in [5.74, 6) is -0.373.